The molecule has 7 heteroatoms. The van der Waals surface area contributed by atoms with Gasteiger partial charge in [0.25, 0.3) is 5.69 Å². The van der Waals surface area contributed by atoms with Crippen LogP contribution in [0.1, 0.15) is 0 Å². The van der Waals surface area contributed by atoms with Crippen LogP contribution in [0, 0.1) is 10.1 Å². The van der Waals surface area contributed by atoms with Gasteiger partial charge in [0, 0.05) is 19.6 Å². The number of anilines is 1. The monoisotopic (exact) mass is 267 g/mol. The average molecular weight is 267 g/mol. The fourth-order valence-corrected chi connectivity index (χ4v) is 1.91. The predicted molar refractivity (Wildman–Crippen MR) is 70.7 cm³/mol. The minimum absolute atomic E-state index is 0.00289. The molecule has 19 heavy (non-hydrogen) atoms. The van der Waals surface area contributed by atoms with E-state index < -0.39 is 4.92 Å². The van der Waals surface area contributed by atoms with Crippen molar-refractivity contribution < 1.29 is 14.4 Å². The summed E-state index contributed by atoms with van der Waals surface area (Å²) in [5.74, 6) is 0.466. The first-order chi connectivity index (χ1) is 9.20. The lowest BCUT2D eigenvalue weighted by Gasteiger charge is -2.24. The summed E-state index contributed by atoms with van der Waals surface area (Å²) in [6, 6.07) is 4.74. The van der Waals surface area contributed by atoms with Gasteiger partial charge in [-0.05, 0) is 12.1 Å². The Morgan fingerprint density at radius 2 is 2.47 bits per heavy atom. The lowest BCUT2D eigenvalue weighted by Crippen LogP contribution is -2.42. The highest BCUT2D eigenvalue weighted by atomic mass is 16.6. The van der Waals surface area contributed by atoms with Crippen LogP contribution in [0.15, 0.2) is 18.2 Å². The van der Waals surface area contributed by atoms with Crippen molar-refractivity contribution >= 4 is 11.4 Å². The van der Waals surface area contributed by atoms with E-state index in [-0.39, 0.29) is 11.8 Å². The molecule has 2 N–H and O–H groups in total. The number of nitrogens with zero attached hydrogens (tertiary/aromatic N) is 1. The lowest BCUT2D eigenvalue weighted by molar-refractivity contribution is -0.384. The van der Waals surface area contributed by atoms with Crippen molar-refractivity contribution in [3.63, 3.8) is 0 Å². The molecule has 1 aromatic carbocycles. The Labute approximate surface area is 111 Å². The molecule has 1 atom stereocenters. The van der Waals surface area contributed by atoms with Crippen LogP contribution in [-0.4, -0.2) is 44.4 Å². The molecular weight excluding hydrogens is 250 g/mol. The molecule has 1 saturated heterocycles. The van der Waals surface area contributed by atoms with Crippen LogP contribution in [0.3, 0.4) is 0 Å². The molecule has 1 unspecified atom stereocenters. The Morgan fingerprint density at radius 3 is 3.11 bits per heavy atom. The maximum atomic E-state index is 11.0. The van der Waals surface area contributed by atoms with E-state index in [1.807, 2.05) is 0 Å². The van der Waals surface area contributed by atoms with Gasteiger partial charge in [-0.15, -0.1) is 0 Å². The topological polar surface area (TPSA) is 85.7 Å². The first-order valence-corrected chi connectivity index (χ1v) is 6.09. The summed E-state index contributed by atoms with van der Waals surface area (Å²) < 4.78 is 10.5. The summed E-state index contributed by atoms with van der Waals surface area (Å²) in [6.45, 7) is 2.79. The second-order valence-electron chi connectivity index (χ2n) is 4.22. The third-order valence-corrected chi connectivity index (χ3v) is 2.93. The summed E-state index contributed by atoms with van der Waals surface area (Å²) in [6.07, 6.45) is 0.0236. The molecule has 0 amide bonds. The molecule has 0 aromatic heterocycles. The van der Waals surface area contributed by atoms with Crippen molar-refractivity contribution in [2.75, 3.05) is 38.7 Å². The highest BCUT2D eigenvalue weighted by Crippen LogP contribution is 2.28. The van der Waals surface area contributed by atoms with E-state index >= 15 is 0 Å². The molecule has 1 fully saturated rings. The van der Waals surface area contributed by atoms with Crippen LogP contribution in [0.2, 0.25) is 0 Å². The molecule has 1 aliphatic heterocycles. The predicted octanol–water partition coefficient (Wildman–Crippen LogP) is 1.00. The zero-order valence-electron chi connectivity index (χ0n) is 10.7. The SMILES string of the molecule is COc1ccc(NCC2CNCCO2)c([N+](=O)[O-])c1. The molecule has 1 aliphatic rings. The molecule has 1 aromatic rings. The van der Waals surface area contributed by atoms with Crippen LogP contribution in [0.25, 0.3) is 0 Å². The minimum atomic E-state index is -0.426. The average Bonchev–Trinajstić information content (AvgIpc) is 2.46. The molecule has 0 bridgehead atoms. The van der Waals surface area contributed by atoms with Gasteiger partial charge in [0.1, 0.15) is 11.4 Å². The van der Waals surface area contributed by atoms with Gasteiger partial charge in [0.05, 0.1) is 30.8 Å². The van der Waals surface area contributed by atoms with Crippen LogP contribution in [0.4, 0.5) is 11.4 Å². The van der Waals surface area contributed by atoms with E-state index in [9.17, 15) is 10.1 Å². The number of rotatable bonds is 5. The van der Waals surface area contributed by atoms with Crippen LogP contribution in [-0.2, 0) is 4.74 Å². The number of morpholine rings is 1. The normalized spacial score (nSPS) is 18.9. The number of hydrogen-bond acceptors (Lipinski definition) is 6. The van der Waals surface area contributed by atoms with Gasteiger partial charge in [-0.3, -0.25) is 10.1 Å². The van der Waals surface area contributed by atoms with Crippen molar-refractivity contribution in [1.29, 1.82) is 0 Å². The number of nitrogens with one attached hydrogen (secondary N) is 2. The molecule has 0 spiro atoms. The van der Waals surface area contributed by atoms with E-state index in [2.05, 4.69) is 10.6 Å². The van der Waals surface area contributed by atoms with Crippen molar-refractivity contribution in [3.8, 4) is 5.75 Å². The van der Waals surface area contributed by atoms with Crippen LogP contribution < -0.4 is 15.4 Å². The number of ether oxygens (including phenoxy) is 2. The number of nitro benzene ring substituents is 1. The molecule has 0 saturated carbocycles. The first-order valence-electron chi connectivity index (χ1n) is 6.09. The fourth-order valence-electron chi connectivity index (χ4n) is 1.91. The Balaban J connectivity index is 2.04. The van der Waals surface area contributed by atoms with Gasteiger partial charge in [-0.2, -0.15) is 0 Å². The second kappa shape index (κ2) is 6.35. The van der Waals surface area contributed by atoms with Crippen molar-refractivity contribution in [2.24, 2.45) is 0 Å². The zero-order valence-corrected chi connectivity index (χ0v) is 10.7. The largest absolute Gasteiger partial charge is 0.496 e. The summed E-state index contributed by atoms with van der Waals surface area (Å²) in [5, 5.41) is 17.3. The highest BCUT2D eigenvalue weighted by Gasteiger charge is 2.18. The third-order valence-electron chi connectivity index (χ3n) is 2.93. The zero-order chi connectivity index (χ0) is 13.7. The van der Waals surface area contributed by atoms with Gasteiger partial charge in [0.2, 0.25) is 0 Å². The molecule has 1 heterocycles. The Bertz CT molecular complexity index is 447. The standard InChI is InChI=1S/C12H17N3O4/c1-18-9-2-3-11(12(6-9)15(16)17)14-8-10-7-13-4-5-19-10/h2-3,6,10,13-14H,4-5,7-8H2,1H3. The lowest BCUT2D eigenvalue weighted by atomic mass is 10.2. The maximum absolute atomic E-state index is 11.0. The maximum Gasteiger partial charge on any atom is 0.296 e. The van der Waals surface area contributed by atoms with Gasteiger partial charge >= 0.3 is 0 Å². The quantitative estimate of drug-likeness (QED) is 0.611. The van der Waals surface area contributed by atoms with Crippen LogP contribution in [0.5, 0.6) is 5.75 Å². The highest BCUT2D eigenvalue weighted by molar-refractivity contribution is 5.63. The van der Waals surface area contributed by atoms with E-state index in [1.54, 1.807) is 12.1 Å². The molecular formula is C12H17N3O4. The molecule has 7 nitrogen and oxygen atoms in total. The second-order valence-corrected chi connectivity index (χ2v) is 4.22. The number of benzene rings is 1. The third kappa shape index (κ3) is 3.55. The van der Waals surface area contributed by atoms with Crippen molar-refractivity contribution in [2.45, 2.75) is 6.10 Å². The van der Waals surface area contributed by atoms with E-state index in [4.69, 9.17) is 9.47 Å². The Morgan fingerprint density at radius 1 is 1.63 bits per heavy atom. The molecule has 2 rings (SSSR count). The van der Waals surface area contributed by atoms with Gasteiger partial charge in [-0.25, -0.2) is 0 Å². The number of methoxy groups -OCH3 is 1. The summed E-state index contributed by atoms with van der Waals surface area (Å²) in [4.78, 5) is 10.6. The van der Waals surface area contributed by atoms with E-state index in [0.29, 0.717) is 24.6 Å². The summed E-state index contributed by atoms with van der Waals surface area (Å²) >= 11 is 0. The molecule has 104 valence electrons. The number of hydrogen-bond donors (Lipinski definition) is 2. The first kappa shape index (κ1) is 13.6. The smallest absolute Gasteiger partial charge is 0.296 e. The van der Waals surface area contributed by atoms with Crippen LogP contribution >= 0.6 is 0 Å². The summed E-state index contributed by atoms with van der Waals surface area (Å²) in [5.41, 5.74) is 0.475. The Hall–Kier alpha value is -1.86. The van der Waals surface area contributed by atoms with E-state index in [1.165, 1.54) is 13.2 Å². The number of nitro groups is 1. The summed E-state index contributed by atoms with van der Waals surface area (Å²) in [7, 11) is 1.48. The van der Waals surface area contributed by atoms with Crippen molar-refractivity contribution in [3.05, 3.63) is 28.3 Å². The fraction of sp³-hybridized carbons (Fsp3) is 0.500. The van der Waals surface area contributed by atoms with Gasteiger partial charge < -0.3 is 20.1 Å². The van der Waals surface area contributed by atoms with E-state index in [0.717, 1.165) is 13.1 Å². The van der Waals surface area contributed by atoms with Gasteiger partial charge in [-0.1, -0.05) is 0 Å². The molecule has 0 aliphatic carbocycles. The van der Waals surface area contributed by atoms with Crippen molar-refractivity contribution in [1.82, 2.24) is 5.32 Å². The van der Waals surface area contributed by atoms with Gasteiger partial charge in [0.15, 0.2) is 0 Å². The minimum Gasteiger partial charge on any atom is -0.496 e. The Kier molecular flexibility index (Phi) is 4.53. The molecule has 0 radical (unpaired) electrons.